The van der Waals surface area contributed by atoms with Gasteiger partial charge in [0.2, 0.25) is 5.75 Å². The van der Waals surface area contributed by atoms with Crippen LogP contribution >= 0.6 is 11.3 Å². The number of amides is 1. The van der Waals surface area contributed by atoms with Crippen molar-refractivity contribution in [3.05, 3.63) is 34.0 Å². The van der Waals surface area contributed by atoms with Gasteiger partial charge in [-0.2, -0.15) is 4.98 Å². The number of benzene rings is 1. The Morgan fingerprint density at radius 1 is 1.17 bits per heavy atom. The van der Waals surface area contributed by atoms with Gasteiger partial charge < -0.3 is 28.8 Å². The number of aryl methyl sites for hydroxylation is 1. The summed E-state index contributed by atoms with van der Waals surface area (Å²) in [6.07, 6.45) is 0.706. The van der Waals surface area contributed by atoms with E-state index >= 15 is 0 Å². The first-order chi connectivity index (χ1) is 14.6. The number of carbonyl (C=O) groups is 1. The smallest absolute Gasteiger partial charge is 0.261 e. The Bertz CT molecular complexity index is 1090. The summed E-state index contributed by atoms with van der Waals surface area (Å²) in [7, 11) is 4.49. The highest BCUT2D eigenvalue weighted by Crippen LogP contribution is 2.44. The average molecular weight is 431 g/mol. The molecule has 0 unspecified atom stereocenters. The second kappa shape index (κ2) is 8.33. The lowest BCUT2D eigenvalue weighted by Gasteiger charge is -2.15. The zero-order valence-electron chi connectivity index (χ0n) is 17.0. The number of fused-ring (bicyclic) bond motifs is 1. The van der Waals surface area contributed by atoms with Gasteiger partial charge in [0.25, 0.3) is 11.8 Å². The van der Waals surface area contributed by atoms with Crippen LogP contribution in [0.1, 0.15) is 26.6 Å². The molecule has 0 radical (unpaired) electrons. The summed E-state index contributed by atoms with van der Waals surface area (Å²) in [5, 5.41) is 7.49. The van der Waals surface area contributed by atoms with Crippen molar-refractivity contribution >= 4 is 22.2 Å². The minimum absolute atomic E-state index is 0.286. The average Bonchev–Trinajstić information content (AvgIpc) is 3.34. The van der Waals surface area contributed by atoms with E-state index < -0.39 is 0 Å². The molecule has 1 N–H and O–H groups in total. The third kappa shape index (κ3) is 3.48. The van der Waals surface area contributed by atoms with Crippen molar-refractivity contribution in [1.29, 1.82) is 0 Å². The predicted molar refractivity (Wildman–Crippen MR) is 110 cm³/mol. The zero-order chi connectivity index (χ0) is 21.3. The first-order valence-corrected chi connectivity index (χ1v) is 10.0. The summed E-state index contributed by atoms with van der Waals surface area (Å²) >= 11 is 1.44. The van der Waals surface area contributed by atoms with Gasteiger partial charge in [-0.05, 0) is 31.0 Å². The summed E-state index contributed by atoms with van der Waals surface area (Å²) in [6, 6.07) is 3.29. The maximum Gasteiger partial charge on any atom is 0.261 e. The molecule has 0 fully saturated rings. The topological polar surface area (TPSA) is 105 Å². The molecular weight excluding hydrogens is 410 g/mol. The molecule has 0 aliphatic carbocycles. The van der Waals surface area contributed by atoms with E-state index in [0.29, 0.717) is 53.4 Å². The Balaban J connectivity index is 1.75. The molecule has 0 atom stereocenters. The van der Waals surface area contributed by atoms with E-state index in [-0.39, 0.29) is 11.7 Å². The number of hydrogen-bond donors (Lipinski definition) is 1. The molecule has 3 heterocycles. The quantitative estimate of drug-likeness (QED) is 0.633. The molecule has 1 aliphatic heterocycles. The van der Waals surface area contributed by atoms with Crippen LogP contribution in [0.2, 0.25) is 0 Å². The van der Waals surface area contributed by atoms with Gasteiger partial charge in [0, 0.05) is 4.88 Å². The van der Waals surface area contributed by atoms with Gasteiger partial charge in [-0.1, -0.05) is 5.16 Å². The van der Waals surface area contributed by atoms with E-state index in [1.807, 2.05) is 0 Å². The van der Waals surface area contributed by atoms with Gasteiger partial charge in [-0.25, -0.2) is 0 Å². The largest absolute Gasteiger partial charge is 0.493 e. The SMILES string of the molecule is COc1ccc(C(=O)Nc2sc3c(c2-c2nc(C)no2)CCOC3)c(OC)c1OC. The summed E-state index contributed by atoms with van der Waals surface area (Å²) in [5.74, 6) is 1.65. The highest BCUT2D eigenvalue weighted by Gasteiger charge is 2.28. The van der Waals surface area contributed by atoms with Crippen molar-refractivity contribution in [1.82, 2.24) is 10.1 Å². The molecule has 158 valence electrons. The number of ether oxygens (including phenoxy) is 4. The van der Waals surface area contributed by atoms with Gasteiger partial charge in [0.05, 0.1) is 45.7 Å². The number of aromatic nitrogens is 2. The normalized spacial score (nSPS) is 12.9. The monoisotopic (exact) mass is 431 g/mol. The summed E-state index contributed by atoms with van der Waals surface area (Å²) in [6.45, 7) is 2.83. The first-order valence-electron chi connectivity index (χ1n) is 9.20. The van der Waals surface area contributed by atoms with Crippen LogP contribution in [-0.2, 0) is 17.8 Å². The number of anilines is 1. The van der Waals surface area contributed by atoms with E-state index in [4.69, 9.17) is 23.5 Å². The molecular formula is C20H21N3O6S. The molecule has 2 aromatic heterocycles. The van der Waals surface area contributed by atoms with Gasteiger partial charge >= 0.3 is 0 Å². The van der Waals surface area contributed by atoms with Crippen LogP contribution in [0.5, 0.6) is 17.2 Å². The van der Waals surface area contributed by atoms with Crippen LogP contribution in [0, 0.1) is 6.92 Å². The summed E-state index contributed by atoms with van der Waals surface area (Å²) < 4.78 is 27.1. The lowest BCUT2D eigenvalue weighted by molar-refractivity contribution is 0.102. The second-order valence-electron chi connectivity index (χ2n) is 6.49. The van der Waals surface area contributed by atoms with Crippen molar-refractivity contribution in [2.45, 2.75) is 20.0 Å². The molecule has 1 aromatic carbocycles. The van der Waals surface area contributed by atoms with Crippen LogP contribution in [0.4, 0.5) is 5.00 Å². The zero-order valence-corrected chi connectivity index (χ0v) is 17.8. The van der Waals surface area contributed by atoms with Gasteiger partial charge in [-0.15, -0.1) is 11.3 Å². The Kier molecular flexibility index (Phi) is 5.60. The predicted octanol–water partition coefficient (Wildman–Crippen LogP) is 3.46. The summed E-state index contributed by atoms with van der Waals surface area (Å²) in [5.41, 5.74) is 2.11. The summed E-state index contributed by atoms with van der Waals surface area (Å²) in [4.78, 5) is 18.6. The molecule has 1 aliphatic rings. The van der Waals surface area contributed by atoms with Crippen molar-refractivity contribution < 1.29 is 28.3 Å². The van der Waals surface area contributed by atoms with Crippen LogP contribution in [0.3, 0.4) is 0 Å². The van der Waals surface area contributed by atoms with E-state index in [9.17, 15) is 4.79 Å². The number of nitrogens with zero attached hydrogens (tertiary/aromatic N) is 2. The first kappa shape index (κ1) is 20.2. The molecule has 0 bridgehead atoms. The maximum atomic E-state index is 13.2. The number of carbonyl (C=O) groups excluding carboxylic acids is 1. The fraction of sp³-hybridized carbons (Fsp3) is 0.350. The van der Waals surface area contributed by atoms with Crippen LogP contribution in [0.25, 0.3) is 11.5 Å². The number of nitrogens with one attached hydrogen (secondary N) is 1. The fourth-order valence-electron chi connectivity index (χ4n) is 3.40. The lowest BCUT2D eigenvalue weighted by Crippen LogP contribution is -2.14. The maximum absolute atomic E-state index is 13.2. The minimum atomic E-state index is -0.357. The van der Waals surface area contributed by atoms with Crippen molar-refractivity contribution in [2.75, 3.05) is 33.3 Å². The molecule has 0 spiro atoms. The Hall–Kier alpha value is -3.11. The molecule has 1 amide bonds. The number of thiophene rings is 1. The van der Waals surface area contributed by atoms with Crippen molar-refractivity contribution in [3.63, 3.8) is 0 Å². The molecule has 3 aromatic rings. The van der Waals surface area contributed by atoms with Gasteiger partial charge in [0.1, 0.15) is 5.00 Å². The fourth-order valence-corrected chi connectivity index (χ4v) is 4.57. The number of methoxy groups -OCH3 is 3. The van der Waals surface area contributed by atoms with E-state index in [1.54, 1.807) is 19.1 Å². The Morgan fingerprint density at radius 2 is 1.97 bits per heavy atom. The Morgan fingerprint density at radius 3 is 2.63 bits per heavy atom. The standard InChI is InChI=1S/C20H21N3O6S/c1-10-21-19(29-23-10)15-11-7-8-28-9-14(11)30-20(15)22-18(24)12-5-6-13(25-2)17(27-4)16(12)26-3/h5-6H,7-9H2,1-4H3,(H,22,24). The number of hydrogen-bond acceptors (Lipinski definition) is 9. The highest BCUT2D eigenvalue weighted by atomic mass is 32.1. The van der Waals surface area contributed by atoms with Crippen LogP contribution < -0.4 is 19.5 Å². The van der Waals surface area contributed by atoms with E-state index in [1.165, 1.54) is 32.7 Å². The number of rotatable bonds is 6. The molecule has 4 rings (SSSR count). The van der Waals surface area contributed by atoms with E-state index in [2.05, 4.69) is 15.5 Å². The highest BCUT2D eigenvalue weighted by molar-refractivity contribution is 7.17. The van der Waals surface area contributed by atoms with Crippen molar-refractivity contribution in [2.24, 2.45) is 0 Å². The van der Waals surface area contributed by atoms with Gasteiger partial charge in [0.15, 0.2) is 17.3 Å². The lowest BCUT2D eigenvalue weighted by atomic mass is 10.1. The van der Waals surface area contributed by atoms with Gasteiger partial charge in [-0.3, -0.25) is 4.79 Å². The third-order valence-corrected chi connectivity index (χ3v) is 5.86. The Labute approximate surface area is 176 Å². The van der Waals surface area contributed by atoms with Crippen LogP contribution in [-0.4, -0.2) is 44.0 Å². The minimum Gasteiger partial charge on any atom is -0.493 e. The van der Waals surface area contributed by atoms with Crippen molar-refractivity contribution in [3.8, 4) is 28.7 Å². The molecule has 0 saturated carbocycles. The second-order valence-corrected chi connectivity index (χ2v) is 7.60. The molecule has 30 heavy (non-hydrogen) atoms. The van der Waals surface area contributed by atoms with Crippen LogP contribution in [0.15, 0.2) is 16.7 Å². The van der Waals surface area contributed by atoms with E-state index in [0.717, 1.165) is 16.0 Å². The molecule has 9 nitrogen and oxygen atoms in total. The molecule has 0 saturated heterocycles. The molecule has 10 heteroatoms. The third-order valence-electron chi connectivity index (χ3n) is 4.74.